The van der Waals surface area contributed by atoms with Crippen LogP contribution < -0.4 is 5.32 Å². The van der Waals surface area contributed by atoms with Crippen molar-refractivity contribution in [1.82, 2.24) is 15.1 Å². The zero-order valence-corrected chi connectivity index (χ0v) is 14.2. The summed E-state index contributed by atoms with van der Waals surface area (Å²) in [5.74, 6) is 0.945. The van der Waals surface area contributed by atoms with Crippen molar-refractivity contribution >= 4 is 0 Å². The van der Waals surface area contributed by atoms with Gasteiger partial charge in [0.2, 0.25) is 0 Å². The van der Waals surface area contributed by atoms with Crippen molar-refractivity contribution < 1.29 is 0 Å². The van der Waals surface area contributed by atoms with E-state index in [0.29, 0.717) is 0 Å². The lowest BCUT2D eigenvalue weighted by atomic mass is 9.82. The second-order valence-corrected chi connectivity index (χ2v) is 7.73. The van der Waals surface area contributed by atoms with E-state index < -0.39 is 0 Å². The molecule has 3 aliphatic rings. The van der Waals surface area contributed by atoms with E-state index in [-0.39, 0.29) is 0 Å². The van der Waals surface area contributed by atoms with Crippen molar-refractivity contribution in [2.75, 3.05) is 33.2 Å². The first-order valence-corrected chi connectivity index (χ1v) is 9.45. The topological polar surface area (TPSA) is 18.5 Å². The van der Waals surface area contributed by atoms with E-state index in [9.17, 15) is 0 Å². The van der Waals surface area contributed by atoms with E-state index in [0.717, 1.165) is 24.0 Å². The fourth-order valence-corrected chi connectivity index (χ4v) is 4.93. The molecule has 2 aliphatic heterocycles. The van der Waals surface area contributed by atoms with Gasteiger partial charge >= 0.3 is 0 Å². The molecule has 0 bridgehead atoms. The SMILES string of the molecule is CCC1CNC(C2CCCCC2)CN1C1CCCN(C)C1. The van der Waals surface area contributed by atoms with Crippen molar-refractivity contribution in [3.8, 4) is 0 Å². The van der Waals surface area contributed by atoms with Gasteiger partial charge in [0.25, 0.3) is 0 Å². The Morgan fingerprint density at radius 3 is 2.52 bits per heavy atom. The van der Waals surface area contributed by atoms with E-state index in [1.54, 1.807) is 0 Å². The Kier molecular flexibility index (Phi) is 5.58. The Morgan fingerprint density at radius 2 is 1.81 bits per heavy atom. The fraction of sp³-hybridized carbons (Fsp3) is 1.00. The van der Waals surface area contributed by atoms with Crippen LogP contribution in [0.25, 0.3) is 0 Å². The molecule has 0 amide bonds. The molecule has 1 saturated carbocycles. The first kappa shape index (κ1) is 15.8. The molecular formula is C18H35N3. The van der Waals surface area contributed by atoms with E-state index >= 15 is 0 Å². The molecule has 122 valence electrons. The predicted molar refractivity (Wildman–Crippen MR) is 89.7 cm³/mol. The molecule has 1 aliphatic carbocycles. The summed E-state index contributed by atoms with van der Waals surface area (Å²) in [7, 11) is 2.30. The van der Waals surface area contributed by atoms with Gasteiger partial charge in [-0.2, -0.15) is 0 Å². The van der Waals surface area contributed by atoms with Crippen molar-refractivity contribution in [1.29, 1.82) is 0 Å². The van der Waals surface area contributed by atoms with Crippen LogP contribution >= 0.6 is 0 Å². The number of hydrogen-bond acceptors (Lipinski definition) is 3. The number of likely N-dealkylation sites (tertiary alicyclic amines) is 1. The number of nitrogens with zero attached hydrogens (tertiary/aromatic N) is 2. The molecule has 1 N–H and O–H groups in total. The van der Waals surface area contributed by atoms with Crippen molar-refractivity contribution in [3.05, 3.63) is 0 Å². The highest BCUT2D eigenvalue weighted by atomic mass is 15.3. The number of piperazine rings is 1. The maximum atomic E-state index is 3.91. The number of nitrogens with one attached hydrogen (secondary N) is 1. The molecule has 0 radical (unpaired) electrons. The zero-order valence-electron chi connectivity index (χ0n) is 14.2. The molecule has 3 atom stereocenters. The van der Waals surface area contributed by atoms with Crippen LogP contribution in [0.2, 0.25) is 0 Å². The van der Waals surface area contributed by atoms with Gasteiger partial charge in [-0.05, 0) is 51.6 Å². The van der Waals surface area contributed by atoms with Crippen LogP contribution in [0.5, 0.6) is 0 Å². The van der Waals surface area contributed by atoms with Crippen LogP contribution in [0.3, 0.4) is 0 Å². The molecule has 2 saturated heterocycles. The highest BCUT2D eigenvalue weighted by Gasteiger charge is 2.36. The lowest BCUT2D eigenvalue weighted by Crippen LogP contribution is -2.63. The molecule has 21 heavy (non-hydrogen) atoms. The molecule has 0 spiro atoms. The molecule has 0 aromatic heterocycles. The Balaban J connectivity index is 1.63. The van der Waals surface area contributed by atoms with Gasteiger partial charge in [-0.1, -0.05) is 26.2 Å². The highest BCUT2D eigenvalue weighted by Crippen LogP contribution is 2.30. The molecule has 3 rings (SSSR count). The lowest BCUT2D eigenvalue weighted by Gasteiger charge is -2.49. The van der Waals surface area contributed by atoms with E-state index in [4.69, 9.17) is 0 Å². The number of rotatable bonds is 3. The molecule has 0 aromatic rings. The molecular weight excluding hydrogens is 258 g/mol. The quantitative estimate of drug-likeness (QED) is 0.863. The van der Waals surface area contributed by atoms with E-state index in [1.165, 1.54) is 77.5 Å². The summed E-state index contributed by atoms with van der Waals surface area (Å²) in [5, 5.41) is 3.91. The van der Waals surface area contributed by atoms with Crippen molar-refractivity contribution in [3.63, 3.8) is 0 Å². The molecule has 3 nitrogen and oxygen atoms in total. The van der Waals surface area contributed by atoms with Crippen molar-refractivity contribution in [2.24, 2.45) is 5.92 Å². The Labute approximate surface area is 131 Å². The summed E-state index contributed by atoms with van der Waals surface area (Å²) in [6, 6.07) is 2.34. The van der Waals surface area contributed by atoms with Gasteiger partial charge in [0.15, 0.2) is 0 Å². The molecule has 3 unspecified atom stereocenters. The molecule has 3 heteroatoms. The van der Waals surface area contributed by atoms with Crippen LogP contribution in [0.4, 0.5) is 0 Å². The number of piperidine rings is 1. The lowest BCUT2D eigenvalue weighted by molar-refractivity contribution is 0.0256. The summed E-state index contributed by atoms with van der Waals surface area (Å²) in [6.45, 7) is 7.48. The van der Waals surface area contributed by atoms with Crippen LogP contribution in [0, 0.1) is 5.92 Å². The Morgan fingerprint density at radius 1 is 1.00 bits per heavy atom. The molecule has 3 fully saturated rings. The third kappa shape index (κ3) is 3.80. The van der Waals surface area contributed by atoms with E-state index in [2.05, 4.69) is 29.1 Å². The third-order valence-electron chi connectivity index (χ3n) is 6.25. The zero-order chi connectivity index (χ0) is 14.7. The molecule has 0 aromatic carbocycles. The van der Waals surface area contributed by atoms with Crippen LogP contribution in [-0.2, 0) is 0 Å². The first-order chi connectivity index (χ1) is 10.3. The highest BCUT2D eigenvalue weighted by molar-refractivity contribution is 4.94. The van der Waals surface area contributed by atoms with Crippen LogP contribution in [-0.4, -0.2) is 61.2 Å². The smallest absolute Gasteiger partial charge is 0.0227 e. The Hall–Kier alpha value is -0.120. The van der Waals surface area contributed by atoms with Gasteiger partial charge in [0, 0.05) is 37.8 Å². The average molecular weight is 293 g/mol. The van der Waals surface area contributed by atoms with Gasteiger partial charge in [0.05, 0.1) is 0 Å². The number of likely N-dealkylation sites (N-methyl/N-ethyl adjacent to an activating group) is 1. The largest absolute Gasteiger partial charge is 0.311 e. The average Bonchev–Trinajstić information content (AvgIpc) is 2.55. The minimum atomic E-state index is 0.764. The maximum Gasteiger partial charge on any atom is 0.0227 e. The minimum Gasteiger partial charge on any atom is -0.311 e. The summed E-state index contributed by atoms with van der Waals surface area (Å²) in [5.41, 5.74) is 0. The number of hydrogen-bond donors (Lipinski definition) is 1. The van der Waals surface area contributed by atoms with Crippen LogP contribution in [0.15, 0.2) is 0 Å². The summed E-state index contributed by atoms with van der Waals surface area (Å²) in [4.78, 5) is 5.43. The molecule has 2 heterocycles. The fourth-order valence-electron chi connectivity index (χ4n) is 4.93. The third-order valence-corrected chi connectivity index (χ3v) is 6.25. The standard InChI is InChI=1S/C18H35N3/c1-3-16-12-19-18(15-8-5-4-6-9-15)14-21(16)17-10-7-11-20(2)13-17/h15-19H,3-14H2,1-2H3. The summed E-state index contributed by atoms with van der Waals surface area (Å²) in [6.07, 6.45) is 11.4. The monoisotopic (exact) mass is 293 g/mol. The van der Waals surface area contributed by atoms with Gasteiger partial charge in [-0.25, -0.2) is 0 Å². The van der Waals surface area contributed by atoms with E-state index in [1.807, 2.05) is 0 Å². The van der Waals surface area contributed by atoms with Gasteiger partial charge in [-0.15, -0.1) is 0 Å². The van der Waals surface area contributed by atoms with Crippen molar-refractivity contribution in [2.45, 2.75) is 76.4 Å². The first-order valence-electron chi connectivity index (χ1n) is 9.45. The summed E-state index contributed by atoms with van der Waals surface area (Å²) >= 11 is 0. The summed E-state index contributed by atoms with van der Waals surface area (Å²) < 4.78 is 0. The maximum absolute atomic E-state index is 3.91. The predicted octanol–water partition coefficient (Wildman–Crippen LogP) is 2.71. The minimum absolute atomic E-state index is 0.764. The van der Waals surface area contributed by atoms with Crippen LogP contribution in [0.1, 0.15) is 58.3 Å². The van der Waals surface area contributed by atoms with Gasteiger partial charge in [-0.3, -0.25) is 4.90 Å². The second kappa shape index (κ2) is 7.43. The normalized spacial score (nSPS) is 37.7. The Bertz CT molecular complexity index is 314. The van der Waals surface area contributed by atoms with Gasteiger partial charge in [0.1, 0.15) is 0 Å². The van der Waals surface area contributed by atoms with Gasteiger partial charge < -0.3 is 10.2 Å². The second-order valence-electron chi connectivity index (χ2n) is 7.73.